The van der Waals surface area contributed by atoms with E-state index in [4.69, 9.17) is 20.3 Å². The number of rotatable bonds is 9. The summed E-state index contributed by atoms with van der Waals surface area (Å²) in [4.78, 5) is 38.8. The molecule has 0 amide bonds. The Morgan fingerprint density at radius 1 is 1.47 bits per heavy atom. The molecule has 36 heavy (non-hydrogen) atoms. The smallest absolute Gasteiger partial charge is 0.338 e. The molecule has 3 rings (SSSR count). The minimum absolute atomic E-state index is 0.0370. The van der Waals surface area contributed by atoms with Gasteiger partial charge in [-0.2, -0.15) is 0 Å². The van der Waals surface area contributed by atoms with Crippen LogP contribution in [0.15, 0.2) is 48.9 Å². The van der Waals surface area contributed by atoms with Crippen molar-refractivity contribution < 1.29 is 28.6 Å². The summed E-state index contributed by atoms with van der Waals surface area (Å²) in [6.07, 6.45) is 0.640. The molecule has 4 N–H and O–H groups in total. The highest BCUT2D eigenvalue weighted by Gasteiger charge is 2.35. The Hall–Kier alpha value is -3.16. The van der Waals surface area contributed by atoms with E-state index in [0.717, 1.165) is 0 Å². The third-order valence-electron chi connectivity index (χ3n) is 5.44. The molecule has 13 heteroatoms. The number of benzene rings is 1. The first kappa shape index (κ1) is 27.4. The maximum Gasteiger partial charge on any atom is 0.338 e. The van der Waals surface area contributed by atoms with Crippen LogP contribution in [0.1, 0.15) is 24.9 Å². The highest BCUT2D eigenvalue weighted by molar-refractivity contribution is 9.10. The predicted octanol–water partition coefficient (Wildman–Crippen LogP) is 1.64. The highest BCUT2D eigenvalue weighted by atomic mass is 79.9. The molecule has 0 saturated carbocycles. The Balaban J connectivity index is 2.08. The molecule has 1 aromatic rings. The lowest BCUT2D eigenvalue weighted by Crippen LogP contribution is -2.48. The number of aliphatic imine (C=N–C) groups is 3. The first-order valence-corrected chi connectivity index (χ1v) is 12.0. The van der Waals surface area contributed by atoms with Gasteiger partial charge >= 0.3 is 11.9 Å². The summed E-state index contributed by atoms with van der Waals surface area (Å²) in [5.74, 6) is -1.76. The zero-order chi connectivity index (χ0) is 26.2. The molecule has 2 aliphatic heterocycles. The molecule has 0 bridgehead atoms. The number of carbonyl (C=O) groups excluding carboxylic acids is 1. The fraction of sp³-hybridized carbons (Fsp3) is 0.435. The number of carboxylic acids is 1. The van der Waals surface area contributed by atoms with Gasteiger partial charge in [0.1, 0.15) is 18.2 Å². The van der Waals surface area contributed by atoms with Crippen molar-refractivity contribution in [3.05, 3.63) is 45.3 Å². The van der Waals surface area contributed by atoms with Crippen molar-refractivity contribution >= 4 is 45.9 Å². The molecular weight excluding hydrogens is 539 g/mol. The molecule has 2 aliphatic rings. The van der Waals surface area contributed by atoms with E-state index in [1.165, 1.54) is 24.5 Å². The van der Waals surface area contributed by atoms with Crippen molar-refractivity contribution in [1.82, 2.24) is 10.2 Å². The normalized spacial score (nSPS) is 21.3. The van der Waals surface area contributed by atoms with Gasteiger partial charge in [-0.1, -0.05) is 22.0 Å². The van der Waals surface area contributed by atoms with E-state index in [1.807, 2.05) is 4.90 Å². The monoisotopic (exact) mass is 566 g/mol. The SMILES string of the molecule is CCOC(=O)C1=C(CN2CCOC(CC(=O)O)C2)NC(C(N)=NC=NC)=NC1c1ccc(F)cc1Br. The number of halogens is 2. The summed E-state index contributed by atoms with van der Waals surface area (Å²) in [5.41, 5.74) is 7.36. The summed E-state index contributed by atoms with van der Waals surface area (Å²) >= 11 is 3.38. The van der Waals surface area contributed by atoms with Crippen LogP contribution >= 0.6 is 15.9 Å². The number of nitrogens with zero attached hydrogens (tertiary/aromatic N) is 4. The minimum atomic E-state index is -0.957. The number of carboxylic acid groups (broad SMARTS) is 1. The predicted molar refractivity (Wildman–Crippen MR) is 136 cm³/mol. The number of esters is 1. The topological polar surface area (TPSA) is 151 Å². The van der Waals surface area contributed by atoms with Crippen LogP contribution in [0.2, 0.25) is 0 Å². The Labute approximate surface area is 216 Å². The average molecular weight is 567 g/mol. The number of carbonyl (C=O) groups is 2. The summed E-state index contributed by atoms with van der Waals surface area (Å²) in [7, 11) is 1.54. The van der Waals surface area contributed by atoms with Crippen molar-refractivity contribution in [1.29, 1.82) is 0 Å². The number of hydrogen-bond donors (Lipinski definition) is 3. The third-order valence-corrected chi connectivity index (χ3v) is 6.13. The molecule has 0 aromatic heterocycles. The number of morpholine rings is 1. The van der Waals surface area contributed by atoms with E-state index in [9.17, 15) is 14.0 Å². The molecule has 1 fully saturated rings. The summed E-state index contributed by atoms with van der Waals surface area (Å²) in [6.45, 7) is 3.26. The van der Waals surface area contributed by atoms with E-state index in [0.29, 0.717) is 35.4 Å². The fourth-order valence-electron chi connectivity index (χ4n) is 3.90. The van der Waals surface area contributed by atoms with Crippen molar-refractivity contribution in [2.75, 3.05) is 39.9 Å². The van der Waals surface area contributed by atoms with E-state index >= 15 is 0 Å². The van der Waals surface area contributed by atoms with Crippen LogP contribution in [0.25, 0.3) is 0 Å². The van der Waals surface area contributed by atoms with E-state index in [2.05, 4.69) is 36.2 Å². The standard InChI is InChI=1S/C23H28BrFN6O5/c1-3-35-23(34)19-17(11-31-6-7-36-14(10-31)9-18(32)33)29-22(21(26)28-12-27-2)30-20(19)15-5-4-13(25)8-16(15)24/h4-5,8,12,14,20H,3,6-7,9-11H2,1-2H3,(H,29,30)(H,32,33)(H2,26,27,28). The van der Waals surface area contributed by atoms with Crippen molar-refractivity contribution in [2.24, 2.45) is 20.7 Å². The molecule has 1 aromatic carbocycles. The first-order valence-electron chi connectivity index (χ1n) is 11.2. The Bertz CT molecular complexity index is 1120. The molecule has 11 nitrogen and oxygen atoms in total. The van der Waals surface area contributed by atoms with Crippen LogP contribution in [0, 0.1) is 5.82 Å². The van der Waals surface area contributed by atoms with Crippen LogP contribution in [0.3, 0.4) is 0 Å². The lowest BCUT2D eigenvalue weighted by molar-refractivity contribution is -0.142. The van der Waals surface area contributed by atoms with Crippen molar-refractivity contribution in [3.63, 3.8) is 0 Å². The summed E-state index contributed by atoms with van der Waals surface area (Å²) in [5, 5.41) is 12.3. The second-order valence-corrected chi connectivity index (χ2v) is 8.85. The van der Waals surface area contributed by atoms with Gasteiger partial charge in [0.05, 0.1) is 31.3 Å². The number of nitrogens with one attached hydrogen (secondary N) is 1. The minimum Gasteiger partial charge on any atom is -0.481 e. The second kappa shape index (κ2) is 12.7. The van der Waals surface area contributed by atoms with Gasteiger partial charge in [-0.3, -0.25) is 19.7 Å². The molecule has 0 spiro atoms. The highest BCUT2D eigenvalue weighted by Crippen LogP contribution is 2.36. The molecule has 2 atom stereocenters. The zero-order valence-corrected chi connectivity index (χ0v) is 21.5. The molecule has 0 radical (unpaired) electrons. The maximum absolute atomic E-state index is 13.9. The van der Waals surface area contributed by atoms with Gasteiger partial charge in [-0.15, -0.1) is 0 Å². The quantitative estimate of drug-likeness (QED) is 0.232. The Morgan fingerprint density at radius 2 is 2.25 bits per heavy atom. The average Bonchev–Trinajstić information content (AvgIpc) is 2.82. The maximum atomic E-state index is 13.9. The third kappa shape index (κ3) is 6.95. The Morgan fingerprint density at radius 3 is 2.92 bits per heavy atom. The van der Waals surface area contributed by atoms with Crippen LogP contribution in [-0.4, -0.2) is 86.0 Å². The number of aliphatic carboxylic acids is 1. The van der Waals surface area contributed by atoms with Crippen LogP contribution in [0.5, 0.6) is 0 Å². The van der Waals surface area contributed by atoms with E-state index in [1.54, 1.807) is 14.0 Å². The van der Waals surface area contributed by atoms with Crippen molar-refractivity contribution in [2.45, 2.75) is 25.5 Å². The number of amidine groups is 2. The Kier molecular flexibility index (Phi) is 9.67. The lowest BCUT2D eigenvalue weighted by atomic mass is 9.95. The fourth-order valence-corrected chi connectivity index (χ4v) is 4.46. The van der Waals surface area contributed by atoms with Gasteiger partial charge in [-0.25, -0.2) is 14.2 Å². The second-order valence-electron chi connectivity index (χ2n) is 8.00. The largest absolute Gasteiger partial charge is 0.481 e. The number of ether oxygens (including phenoxy) is 2. The molecule has 1 saturated heterocycles. The first-order chi connectivity index (χ1) is 17.2. The van der Waals surface area contributed by atoms with Gasteiger partial charge < -0.3 is 25.6 Å². The molecule has 2 unspecified atom stereocenters. The lowest BCUT2D eigenvalue weighted by Gasteiger charge is -2.35. The van der Waals surface area contributed by atoms with Crippen LogP contribution in [0.4, 0.5) is 4.39 Å². The van der Waals surface area contributed by atoms with Gasteiger partial charge in [0.2, 0.25) is 0 Å². The molecule has 194 valence electrons. The van der Waals surface area contributed by atoms with Gasteiger partial charge in [0.25, 0.3) is 0 Å². The molecular formula is C23H28BrFN6O5. The van der Waals surface area contributed by atoms with E-state index < -0.39 is 29.9 Å². The molecule has 0 aliphatic carbocycles. The van der Waals surface area contributed by atoms with Gasteiger partial charge in [0, 0.05) is 36.9 Å². The van der Waals surface area contributed by atoms with Crippen LogP contribution < -0.4 is 11.1 Å². The van der Waals surface area contributed by atoms with Gasteiger partial charge in [-0.05, 0) is 24.6 Å². The van der Waals surface area contributed by atoms with E-state index in [-0.39, 0.29) is 36.8 Å². The molecule has 2 heterocycles. The van der Waals surface area contributed by atoms with Crippen LogP contribution in [-0.2, 0) is 19.1 Å². The summed E-state index contributed by atoms with van der Waals surface area (Å²) < 4.78 is 25.2. The number of hydrogen-bond acceptors (Lipinski definition) is 8. The van der Waals surface area contributed by atoms with Gasteiger partial charge in [0.15, 0.2) is 11.7 Å². The number of nitrogens with two attached hydrogens (primary N) is 1. The zero-order valence-electron chi connectivity index (χ0n) is 19.9. The van der Waals surface area contributed by atoms with Crippen molar-refractivity contribution in [3.8, 4) is 0 Å². The summed E-state index contributed by atoms with van der Waals surface area (Å²) in [6, 6.07) is 3.22.